The van der Waals surface area contributed by atoms with Gasteiger partial charge >= 0.3 is 0 Å². The molecule has 2 aromatic carbocycles. The SMILES string of the molecule is N#CB1CCC(Oc2ccc3c(ccc4nc(C=O)sc43)c2)CC1. The van der Waals surface area contributed by atoms with Gasteiger partial charge in [0.1, 0.15) is 5.75 Å². The number of fused-ring (bicyclic) bond motifs is 3. The first-order valence-corrected chi connectivity index (χ1v) is 8.93. The maximum Gasteiger partial charge on any atom is 0.268 e. The molecule has 118 valence electrons. The van der Waals surface area contributed by atoms with Gasteiger partial charge in [-0.2, -0.15) is 0 Å². The quantitative estimate of drug-likeness (QED) is 0.527. The van der Waals surface area contributed by atoms with Gasteiger partial charge in [0.25, 0.3) is 6.71 Å². The number of aromatic nitrogens is 1. The molecule has 1 fully saturated rings. The summed E-state index contributed by atoms with van der Waals surface area (Å²) in [6.45, 7) is 0.188. The lowest BCUT2D eigenvalue weighted by molar-refractivity contribution is 0.112. The molecule has 0 spiro atoms. The van der Waals surface area contributed by atoms with Crippen molar-refractivity contribution in [2.24, 2.45) is 0 Å². The summed E-state index contributed by atoms with van der Waals surface area (Å²) < 4.78 is 7.15. The van der Waals surface area contributed by atoms with Gasteiger partial charge in [0.15, 0.2) is 11.3 Å². The van der Waals surface area contributed by atoms with Crippen molar-refractivity contribution >= 4 is 45.3 Å². The summed E-state index contributed by atoms with van der Waals surface area (Å²) in [6, 6.07) is 10.0. The van der Waals surface area contributed by atoms with E-state index in [1.165, 1.54) is 11.3 Å². The van der Waals surface area contributed by atoms with E-state index in [1.54, 1.807) is 0 Å². The third kappa shape index (κ3) is 2.76. The van der Waals surface area contributed by atoms with Gasteiger partial charge in [-0.1, -0.05) is 18.7 Å². The number of ether oxygens (including phenoxy) is 1. The number of nitriles is 1. The highest BCUT2D eigenvalue weighted by Crippen LogP contribution is 2.33. The molecule has 0 aliphatic carbocycles. The number of hydrogen-bond donors (Lipinski definition) is 0. The zero-order valence-electron chi connectivity index (χ0n) is 13.1. The number of thiazole rings is 1. The molecule has 6 heteroatoms. The molecule has 0 unspecified atom stereocenters. The topological polar surface area (TPSA) is 63.0 Å². The molecule has 0 saturated carbocycles. The van der Waals surface area contributed by atoms with Crippen LogP contribution in [0.5, 0.6) is 5.75 Å². The highest BCUT2D eigenvalue weighted by molar-refractivity contribution is 7.21. The lowest BCUT2D eigenvalue weighted by atomic mass is 9.42. The summed E-state index contributed by atoms with van der Waals surface area (Å²) in [5.41, 5.74) is 0.859. The molecular weight excluding hydrogens is 319 g/mol. The Kier molecular flexibility index (Phi) is 3.95. The van der Waals surface area contributed by atoms with Crippen LogP contribution < -0.4 is 4.74 Å². The van der Waals surface area contributed by atoms with Crippen LogP contribution in [0.1, 0.15) is 22.6 Å². The van der Waals surface area contributed by atoms with E-state index in [0.717, 1.165) is 58.5 Å². The van der Waals surface area contributed by atoms with Crippen molar-refractivity contribution in [3.63, 3.8) is 0 Å². The van der Waals surface area contributed by atoms with Gasteiger partial charge in [-0.25, -0.2) is 10.2 Å². The number of nitrogens with zero attached hydrogens (tertiary/aromatic N) is 2. The Labute approximate surface area is 144 Å². The molecule has 0 amide bonds. The predicted molar refractivity (Wildman–Crippen MR) is 97.1 cm³/mol. The Morgan fingerprint density at radius 3 is 2.88 bits per heavy atom. The highest BCUT2D eigenvalue weighted by Gasteiger charge is 2.25. The Hall–Kier alpha value is -2.39. The minimum absolute atomic E-state index is 0.188. The number of rotatable bonds is 3. The molecule has 3 aromatic rings. The van der Waals surface area contributed by atoms with E-state index in [-0.39, 0.29) is 12.8 Å². The molecule has 1 aromatic heterocycles. The highest BCUT2D eigenvalue weighted by atomic mass is 32.1. The Morgan fingerprint density at radius 1 is 1.29 bits per heavy atom. The zero-order valence-corrected chi connectivity index (χ0v) is 13.9. The fraction of sp³-hybridized carbons (Fsp3) is 0.278. The van der Waals surface area contributed by atoms with Crippen LogP contribution in [-0.2, 0) is 0 Å². The number of hydrogen-bond acceptors (Lipinski definition) is 5. The molecule has 0 radical (unpaired) electrons. The summed E-state index contributed by atoms with van der Waals surface area (Å²) >= 11 is 1.42. The van der Waals surface area contributed by atoms with Crippen molar-refractivity contribution in [1.29, 1.82) is 5.26 Å². The summed E-state index contributed by atoms with van der Waals surface area (Å²) in [7, 11) is 0. The van der Waals surface area contributed by atoms with Crippen LogP contribution in [0.3, 0.4) is 0 Å². The fourth-order valence-electron chi connectivity index (χ4n) is 3.34. The van der Waals surface area contributed by atoms with Gasteiger partial charge in [-0.05, 0) is 42.5 Å². The average molecular weight is 334 g/mol. The molecule has 1 aliphatic rings. The van der Waals surface area contributed by atoms with Crippen LogP contribution in [0.2, 0.25) is 12.6 Å². The first kappa shape index (κ1) is 15.2. The van der Waals surface area contributed by atoms with E-state index in [4.69, 9.17) is 10.00 Å². The third-order valence-electron chi connectivity index (χ3n) is 4.62. The minimum atomic E-state index is 0.188. The van der Waals surface area contributed by atoms with E-state index in [0.29, 0.717) is 5.01 Å². The van der Waals surface area contributed by atoms with Crippen molar-refractivity contribution in [3.8, 4) is 11.7 Å². The standard InChI is InChI=1S/C18H15BN2O2S/c20-11-19-7-5-13(6-8-19)23-14-2-3-15-12(9-14)1-4-16-18(15)24-17(10-22)21-16/h1-4,9-10,13H,5-8H2. The smallest absolute Gasteiger partial charge is 0.268 e. The number of benzene rings is 2. The predicted octanol–water partition coefficient (Wildman–Crippen LogP) is 4.36. The lowest BCUT2D eigenvalue weighted by Gasteiger charge is -2.24. The second-order valence-corrected chi connectivity index (χ2v) is 7.22. The zero-order chi connectivity index (χ0) is 16.5. The van der Waals surface area contributed by atoms with Crippen LogP contribution >= 0.6 is 11.3 Å². The number of carbonyl (C=O) groups excluding carboxylic acids is 1. The molecule has 0 bridgehead atoms. The number of carbonyl (C=O) groups is 1. The Balaban J connectivity index is 1.60. The third-order valence-corrected chi connectivity index (χ3v) is 5.65. The summed E-state index contributed by atoms with van der Waals surface area (Å²) in [5, 5.41) is 11.7. The fourth-order valence-corrected chi connectivity index (χ4v) is 4.25. The molecule has 0 atom stereocenters. The first-order valence-electron chi connectivity index (χ1n) is 8.11. The van der Waals surface area contributed by atoms with Gasteiger partial charge in [0, 0.05) is 11.4 Å². The normalized spacial score (nSPS) is 15.5. The monoisotopic (exact) mass is 334 g/mol. The summed E-state index contributed by atoms with van der Waals surface area (Å²) in [4.78, 5) is 15.2. The van der Waals surface area contributed by atoms with Gasteiger partial charge in [0.2, 0.25) is 0 Å². The van der Waals surface area contributed by atoms with Crippen LogP contribution in [-0.4, -0.2) is 24.1 Å². The van der Waals surface area contributed by atoms with Crippen molar-refractivity contribution < 1.29 is 9.53 Å². The largest absolute Gasteiger partial charge is 0.490 e. The van der Waals surface area contributed by atoms with Crippen LogP contribution in [0.4, 0.5) is 0 Å². The van der Waals surface area contributed by atoms with E-state index in [2.05, 4.69) is 11.0 Å². The summed E-state index contributed by atoms with van der Waals surface area (Å²) in [6.07, 6.45) is 4.71. The summed E-state index contributed by atoms with van der Waals surface area (Å²) in [5.74, 6) is 3.21. The Bertz CT molecular complexity index is 955. The molecule has 1 saturated heterocycles. The second-order valence-electron chi connectivity index (χ2n) is 6.19. The molecule has 0 N–H and O–H groups in total. The van der Waals surface area contributed by atoms with E-state index < -0.39 is 0 Å². The van der Waals surface area contributed by atoms with Crippen molar-refractivity contribution in [2.75, 3.05) is 0 Å². The Morgan fingerprint density at radius 2 is 2.12 bits per heavy atom. The maximum absolute atomic E-state index is 10.9. The van der Waals surface area contributed by atoms with Crippen molar-refractivity contribution in [3.05, 3.63) is 35.3 Å². The first-order chi connectivity index (χ1) is 11.8. The van der Waals surface area contributed by atoms with Gasteiger partial charge in [0.05, 0.1) is 16.3 Å². The van der Waals surface area contributed by atoms with Crippen molar-refractivity contribution in [2.45, 2.75) is 31.6 Å². The van der Waals surface area contributed by atoms with Crippen LogP contribution in [0.15, 0.2) is 30.3 Å². The lowest BCUT2D eigenvalue weighted by Crippen LogP contribution is -2.27. The van der Waals surface area contributed by atoms with E-state index >= 15 is 0 Å². The average Bonchev–Trinajstić information content (AvgIpc) is 3.06. The van der Waals surface area contributed by atoms with Crippen molar-refractivity contribution in [1.82, 2.24) is 4.98 Å². The number of aldehydes is 1. The van der Waals surface area contributed by atoms with Crippen LogP contribution in [0, 0.1) is 11.2 Å². The van der Waals surface area contributed by atoms with Gasteiger partial charge in [-0.15, -0.1) is 11.3 Å². The molecule has 1 aliphatic heterocycles. The van der Waals surface area contributed by atoms with E-state index in [1.807, 2.05) is 30.3 Å². The molecule has 2 heterocycles. The second kappa shape index (κ2) is 6.25. The van der Waals surface area contributed by atoms with Gasteiger partial charge in [-0.3, -0.25) is 4.79 Å². The molecule has 4 rings (SSSR count). The molecule has 24 heavy (non-hydrogen) atoms. The molecule has 4 nitrogen and oxygen atoms in total. The maximum atomic E-state index is 10.9. The van der Waals surface area contributed by atoms with Crippen LogP contribution in [0.25, 0.3) is 21.0 Å². The minimum Gasteiger partial charge on any atom is -0.490 e. The molecular formula is C18H15BN2O2S. The van der Waals surface area contributed by atoms with Gasteiger partial charge < -0.3 is 4.74 Å². The van der Waals surface area contributed by atoms with E-state index in [9.17, 15) is 4.79 Å².